The zero-order valence-electron chi connectivity index (χ0n) is 10.6. The maximum absolute atomic E-state index is 6.16. The molecule has 0 saturated carbocycles. The Bertz CT molecular complexity index is 371. The van der Waals surface area contributed by atoms with Crippen LogP contribution in [-0.4, -0.2) is 19.2 Å². The molecule has 1 aromatic rings. The summed E-state index contributed by atoms with van der Waals surface area (Å²) >= 11 is 12.3. The van der Waals surface area contributed by atoms with Crippen molar-refractivity contribution < 1.29 is 4.74 Å². The highest BCUT2D eigenvalue weighted by atomic mass is 35.5. The van der Waals surface area contributed by atoms with Crippen LogP contribution in [0.4, 0.5) is 0 Å². The van der Waals surface area contributed by atoms with Gasteiger partial charge in [0.05, 0.1) is 10.0 Å². The van der Waals surface area contributed by atoms with Gasteiger partial charge in [-0.15, -0.1) is 0 Å². The summed E-state index contributed by atoms with van der Waals surface area (Å²) in [6.07, 6.45) is 3.49. The Morgan fingerprint density at radius 3 is 2.67 bits per heavy atom. The molecule has 2 atom stereocenters. The van der Waals surface area contributed by atoms with Gasteiger partial charge in [0.1, 0.15) is 6.10 Å². The molecule has 100 valence electrons. The molecule has 1 aliphatic rings. The molecule has 1 aliphatic heterocycles. The van der Waals surface area contributed by atoms with E-state index in [1.54, 1.807) is 0 Å². The molecule has 0 aliphatic carbocycles. The molecule has 4 heteroatoms. The molecule has 2 nitrogen and oxygen atoms in total. The average Bonchev–Trinajstić information content (AvgIpc) is 2.86. The minimum absolute atomic E-state index is 0.197. The SMILES string of the molecule is CCC[C@@H](Oc1c(Cl)cccc1Cl)[C@@H]1CCNC1. The summed E-state index contributed by atoms with van der Waals surface area (Å²) in [5.74, 6) is 1.18. The van der Waals surface area contributed by atoms with Crippen LogP contribution in [-0.2, 0) is 0 Å². The van der Waals surface area contributed by atoms with Crippen molar-refractivity contribution in [2.75, 3.05) is 13.1 Å². The molecule has 2 rings (SSSR count). The normalized spacial score (nSPS) is 20.9. The van der Waals surface area contributed by atoms with Gasteiger partial charge < -0.3 is 10.1 Å². The standard InChI is InChI=1S/C14H19Cl2NO/c1-2-4-13(10-7-8-17-9-10)18-14-11(15)5-3-6-12(14)16/h3,5-6,10,13,17H,2,4,7-9H2,1H3/t10-,13-/m1/s1. The largest absolute Gasteiger partial charge is 0.487 e. The van der Waals surface area contributed by atoms with Crippen LogP contribution in [0.25, 0.3) is 0 Å². The molecular weight excluding hydrogens is 269 g/mol. The van der Waals surface area contributed by atoms with Gasteiger partial charge in [-0.25, -0.2) is 0 Å². The summed E-state index contributed by atoms with van der Waals surface area (Å²) in [6.45, 7) is 4.27. The average molecular weight is 288 g/mol. The van der Waals surface area contributed by atoms with Crippen LogP contribution in [0.3, 0.4) is 0 Å². The second-order valence-corrected chi connectivity index (χ2v) is 5.56. The van der Waals surface area contributed by atoms with Crippen molar-refractivity contribution in [1.29, 1.82) is 0 Å². The monoisotopic (exact) mass is 287 g/mol. The second kappa shape index (κ2) is 6.65. The fourth-order valence-corrected chi connectivity index (χ4v) is 2.90. The summed E-state index contributed by atoms with van der Waals surface area (Å²) in [5, 5.41) is 4.56. The minimum atomic E-state index is 0.197. The predicted molar refractivity (Wildman–Crippen MR) is 76.8 cm³/mol. The molecule has 0 amide bonds. The Hall–Kier alpha value is -0.440. The van der Waals surface area contributed by atoms with Crippen LogP contribution in [0.1, 0.15) is 26.2 Å². The smallest absolute Gasteiger partial charge is 0.156 e. The Morgan fingerprint density at radius 2 is 2.11 bits per heavy atom. The fraction of sp³-hybridized carbons (Fsp3) is 0.571. The Kier molecular flexibility index (Phi) is 5.16. The summed E-state index contributed by atoms with van der Waals surface area (Å²) in [4.78, 5) is 0. The first kappa shape index (κ1) is 14.0. The Labute approximate surface area is 119 Å². The van der Waals surface area contributed by atoms with Gasteiger partial charge in [-0.2, -0.15) is 0 Å². The van der Waals surface area contributed by atoms with Crippen LogP contribution in [0.5, 0.6) is 5.75 Å². The molecular formula is C14H19Cl2NO. The zero-order valence-corrected chi connectivity index (χ0v) is 12.1. The second-order valence-electron chi connectivity index (χ2n) is 4.75. The highest BCUT2D eigenvalue weighted by Gasteiger charge is 2.26. The quantitative estimate of drug-likeness (QED) is 0.878. The van der Waals surface area contributed by atoms with Gasteiger partial charge in [0.15, 0.2) is 5.75 Å². The number of ether oxygens (including phenoxy) is 1. The number of nitrogens with one attached hydrogen (secondary N) is 1. The molecule has 0 spiro atoms. The number of hydrogen-bond donors (Lipinski definition) is 1. The van der Waals surface area contributed by atoms with E-state index in [4.69, 9.17) is 27.9 Å². The van der Waals surface area contributed by atoms with E-state index in [1.807, 2.05) is 18.2 Å². The predicted octanol–water partition coefficient (Wildman–Crippen LogP) is 4.15. The molecule has 1 fully saturated rings. The van der Waals surface area contributed by atoms with E-state index in [9.17, 15) is 0 Å². The van der Waals surface area contributed by atoms with Crippen LogP contribution < -0.4 is 10.1 Å². The lowest BCUT2D eigenvalue weighted by molar-refractivity contribution is 0.132. The number of rotatable bonds is 5. The highest BCUT2D eigenvalue weighted by molar-refractivity contribution is 6.37. The molecule has 1 N–H and O–H groups in total. The van der Waals surface area contributed by atoms with Crippen LogP contribution in [0.2, 0.25) is 10.0 Å². The lowest BCUT2D eigenvalue weighted by Gasteiger charge is -2.25. The first-order valence-electron chi connectivity index (χ1n) is 6.53. The molecule has 0 aromatic heterocycles. The van der Waals surface area contributed by atoms with Crippen LogP contribution in [0, 0.1) is 5.92 Å². The van der Waals surface area contributed by atoms with Gasteiger partial charge in [0.25, 0.3) is 0 Å². The molecule has 1 aromatic carbocycles. The van der Waals surface area contributed by atoms with E-state index in [1.165, 1.54) is 0 Å². The summed E-state index contributed by atoms with van der Waals surface area (Å²) in [7, 11) is 0. The molecule has 1 saturated heterocycles. The van der Waals surface area contributed by atoms with Gasteiger partial charge in [0, 0.05) is 12.5 Å². The number of hydrogen-bond acceptors (Lipinski definition) is 2. The molecule has 0 radical (unpaired) electrons. The Balaban J connectivity index is 2.12. The van der Waals surface area contributed by atoms with E-state index in [0.717, 1.165) is 32.4 Å². The van der Waals surface area contributed by atoms with Gasteiger partial charge in [0.2, 0.25) is 0 Å². The molecule has 0 bridgehead atoms. The molecule has 18 heavy (non-hydrogen) atoms. The van der Waals surface area contributed by atoms with E-state index < -0.39 is 0 Å². The zero-order chi connectivity index (χ0) is 13.0. The van der Waals surface area contributed by atoms with Crippen molar-refractivity contribution >= 4 is 23.2 Å². The molecule has 1 heterocycles. The van der Waals surface area contributed by atoms with Crippen molar-refractivity contribution in [3.8, 4) is 5.75 Å². The topological polar surface area (TPSA) is 21.3 Å². The third-order valence-electron chi connectivity index (χ3n) is 3.39. The van der Waals surface area contributed by atoms with E-state index >= 15 is 0 Å². The maximum atomic E-state index is 6.16. The summed E-state index contributed by atoms with van der Waals surface area (Å²) < 4.78 is 6.10. The lowest BCUT2D eigenvalue weighted by atomic mass is 9.97. The fourth-order valence-electron chi connectivity index (χ4n) is 2.42. The lowest BCUT2D eigenvalue weighted by Crippen LogP contribution is -2.28. The Morgan fingerprint density at radius 1 is 1.39 bits per heavy atom. The van der Waals surface area contributed by atoms with E-state index in [-0.39, 0.29) is 6.10 Å². The summed E-state index contributed by atoms with van der Waals surface area (Å²) in [6, 6.07) is 5.47. The minimum Gasteiger partial charge on any atom is -0.487 e. The van der Waals surface area contributed by atoms with Crippen molar-refractivity contribution in [2.45, 2.75) is 32.3 Å². The van der Waals surface area contributed by atoms with Gasteiger partial charge in [-0.3, -0.25) is 0 Å². The number of benzene rings is 1. The van der Waals surface area contributed by atoms with Crippen LogP contribution in [0.15, 0.2) is 18.2 Å². The van der Waals surface area contributed by atoms with Crippen molar-refractivity contribution in [1.82, 2.24) is 5.32 Å². The van der Waals surface area contributed by atoms with Gasteiger partial charge >= 0.3 is 0 Å². The molecule has 0 unspecified atom stereocenters. The summed E-state index contributed by atoms with van der Waals surface area (Å²) in [5.41, 5.74) is 0. The first-order valence-corrected chi connectivity index (χ1v) is 7.29. The third-order valence-corrected chi connectivity index (χ3v) is 3.98. The van der Waals surface area contributed by atoms with Gasteiger partial charge in [-0.05, 0) is 31.5 Å². The van der Waals surface area contributed by atoms with E-state index in [0.29, 0.717) is 21.7 Å². The highest BCUT2D eigenvalue weighted by Crippen LogP contribution is 2.35. The van der Waals surface area contributed by atoms with Crippen molar-refractivity contribution in [2.24, 2.45) is 5.92 Å². The van der Waals surface area contributed by atoms with E-state index in [2.05, 4.69) is 12.2 Å². The van der Waals surface area contributed by atoms with Crippen LogP contribution >= 0.6 is 23.2 Å². The van der Waals surface area contributed by atoms with Gasteiger partial charge in [-0.1, -0.05) is 42.6 Å². The van der Waals surface area contributed by atoms with Crippen molar-refractivity contribution in [3.63, 3.8) is 0 Å². The first-order chi connectivity index (χ1) is 8.72. The number of para-hydroxylation sites is 1. The third kappa shape index (κ3) is 3.31. The van der Waals surface area contributed by atoms with Crippen molar-refractivity contribution in [3.05, 3.63) is 28.2 Å². The number of halogens is 2. The maximum Gasteiger partial charge on any atom is 0.156 e.